The highest BCUT2D eigenvalue weighted by Gasteiger charge is 2.78. The Bertz CT molecular complexity index is 995. The minimum atomic E-state index is -1.11. The number of hydrogen-bond acceptors (Lipinski definition) is 6. The van der Waals surface area contributed by atoms with Crippen molar-refractivity contribution < 1.29 is 29.0 Å². The van der Waals surface area contributed by atoms with Crippen molar-refractivity contribution in [2.75, 3.05) is 13.2 Å². The fourth-order valence-corrected chi connectivity index (χ4v) is 7.31. The van der Waals surface area contributed by atoms with Gasteiger partial charge in [-0.1, -0.05) is 49.6 Å². The highest BCUT2D eigenvalue weighted by atomic mass is 16.6. The highest BCUT2D eigenvalue weighted by Crippen LogP contribution is 2.63. The van der Waals surface area contributed by atoms with Crippen molar-refractivity contribution in [2.24, 2.45) is 11.8 Å². The van der Waals surface area contributed by atoms with Gasteiger partial charge in [-0.05, 0) is 51.5 Å². The van der Waals surface area contributed by atoms with Crippen molar-refractivity contribution in [1.82, 2.24) is 10.2 Å². The number of benzene rings is 1. The molecule has 1 aromatic rings. The number of fused-ring (bicyclic) bond motifs is 1. The first-order valence-electron chi connectivity index (χ1n) is 13.5. The third-order valence-corrected chi connectivity index (χ3v) is 8.87. The Kier molecular flexibility index (Phi) is 6.85. The Balaban J connectivity index is 1.53. The van der Waals surface area contributed by atoms with E-state index in [1.807, 2.05) is 37.3 Å². The molecule has 2 unspecified atom stereocenters. The van der Waals surface area contributed by atoms with Crippen molar-refractivity contribution in [2.45, 2.75) is 94.5 Å². The molecule has 0 radical (unpaired) electrons. The summed E-state index contributed by atoms with van der Waals surface area (Å²) in [6, 6.07) is 8.19. The van der Waals surface area contributed by atoms with E-state index in [1.54, 1.807) is 11.8 Å². The molecule has 1 aromatic carbocycles. The molecule has 36 heavy (non-hydrogen) atoms. The van der Waals surface area contributed by atoms with E-state index in [-0.39, 0.29) is 31.1 Å². The molecule has 8 nitrogen and oxygen atoms in total. The van der Waals surface area contributed by atoms with Gasteiger partial charge in [0.2, 0.25) is 11.8 Å². The summed E-state index contributed by atoms with van der Waals surface area (Å²) in [6.07, 6.45) is 6.62. The quantitative estimate of drug-likeness (QED) is 0.533. The molecule has 8 heteroatoms. The summed E-state index contributed by atoms with van der Waals surface area (Å²) >= 11 is 0. The normalized spacial score (nSPS) is 34.5. The highest BCUT2D eigenvalue weighted by molar-refractivity contribution is 5.98. The van der Waals surface area contributed by atoms with Crippen LogP contribution in [0.25, 0.3) is 0 Å². The third kappa shape index (κ3) is 4.02. The van der Waals surface area contributed by atoms with Crippen LogP contribution in [-0.2, 0) is 30.3 Å². The van der Waals surface area contributed by atoms with Crippen LogP contribution in [0, 0.1) is 11.8 Å². The van der Waals surface area contributed by atoms with E-state index in [0.29, 0.717) is 19.3 Å². The summed E-state index contributed by atoms with van der Waals surface area (Å²) < 4.78 is 12.0. The lowest BCUT2D eigenvalue weighted by molar-refractivity contribution is -0.160. The Morgan fingerprint density at radius 1 is 1.19 bits per heavy atom. The van der Waals surface area contributed by atoms with Crippen LogP contribution in [0.15, 0.2) is 30.3 Å². The van der Waals surface area contributed by atoms with Crippen LogP contribution < -0.4 is 5.32 Å². The predicted octanol–water partition coefficient (Wildman–Crippen LogP) is 2.37. The lowest BCUT2D eigenvalue weighted by Gasteiger charge is -2.38. The van der Waals surface area contributed by atoms with E-state index in [9.17, 15) is 19.5 Å². The summed E-state index contributed by atoms with van der Waals surface area (Å²) in [5.74, 6) is -2.56. The van der Waals surface area contributed by atoms with Crippen LogP contribution in [0.4, 0.5) is 0 Å². The third-order valence-electron chi connectivity index (χ3n) is 8.87. The van der Waals surface area contributed by atoms with Gasteiger partial charge < -0.3 is 24.8 Å². The number of nitrogens with one attached hydrogen (secondary N) is 1. The first kappa shape index (κ1) is 25.2. The summed E-state index contributed by atoms with van der Waals surface area (Å²) in [4.78, 5) is 42.9. The lowest BCUT2D eigenvalue weighted by atomic mass is 9.66. The zero-order valence-corrected chi connectivity index (χ0v) is 21.3. The average Bonchev–Trinajstić information content (AvgIpc) is 3.44. The molecule has 1 saturated carbocycles. The number of esters is 1. The van der Waals surface area contributed by atoms with Gasteiger partial charge in [0.25, 0.3) is 0 Å². The zero-order valence-electron chi connectivity index (χ0n) is 21.3. The molecular formula is C28H38N2O6. The number of rotatable bonds is 8. The maximum Gasteiger partial charge on any atom is 0.312 e. The first-order chi connectivity index (χ1) is 17.3. The molecule has 6 atom stereocenters. The second-order valence-electron chi connectivity index (χ2n) is 11.1. The number of carbonyl (C=O) groups is 3. The molecule has 4 aliphatic rings. The molecule has 5 rings (SSSR count). The summed E-state index contributed by atoms with van der Waals surface area (Å²) in [6.45, 7) is 3.53. The van der Waals surface area contributed by atoms with E-state index in [0.717, 1.165) is 31.2 Å². The fourth-order valence-electron chi connectivity index (χ4n) is 7.31. The Morgan fingerprint density at radius 3 is 2.58 bits per heavy atom. The van der Waals surface area contributed by atoms with Crippen LogP contribution in [0.3, 0.4) is 0 Å². The van der Waals surface area contributed by atoms with Crippen LogP contribution in [0.5, 0.6) is 0 Å². The molecule has 1 aliphatic carbocycles. The Morgan fingerprint density at radius 2 is 1.92 bits per heavy atom. The number of nitrogens with zero attached hydrogens (tertiary/aromatic N) is 1. The summed E-state index contributed by atoms with van der Waals surface area (Å²) in [5.41, 5.74) is -0.994. The molecule has 2 N–H and O–H groups in total. The van der Waals surface area contributed by atoms with Gasteiger partial charge in [-0.3, -0.25) is 14.4 Å². The molecule has 4 fully saturated rings. The number of likely N-dealkylation sites (tertiary alicyclic amines) is 1. The van der Waals surface area contributed by atoms with E-state index in [2.05, 4.69) is 5.32 Å². The number of carbonyl (C=O) groups excluding carboxylic acids is 3. The number of aliphatic hydroxyl groups is 1. The number of ether oxygens (including phenoxy) is 2. The van der Waals surface area contributed by atoms with Gasteiger partial charge in [0.1, 0.15) is 17.6 Å². The fraction of sp³-hybridized carbons (Fsp3) is 0.679. The summed E-state index contributed by atoms with van der Waals surface area (Å²) in [5, 5.41) is 13.7. The van der Waals surface area contributed by atoms with Crippen LogP contribution >= 0.6 is 0 Å². The molecule has 1 spiro atoms. The Labute approximate surface area is 212 Å². The van der Waals surface area contributed by atoms with Crippen LogP contribution in [0.2, 0.25) is 0 Å². The van der Waals surface area contributed by atoms with Gasteiger partial charge in [-0.25, -0.2) is 0 Å². The first-order valence-corrected chi connectivity index (χ1v) is 13.5. The van der Waals surface area contributed by atoms with E-state index in [4.69, 9.17) is 9.47 Å². The van der Waals surface area contributed by atoms with Gasteiger partial charge in [0.15, 0.2) is 0 Å². The van der Waals surface area contributed by atoms with Gasteiger partial charge >= 0.3 is 5.97 Å². The van der Waals surface area contributed by atoms with Crippen molar-refractivity contribution >= 4 is 17.8 Å². The van der Waals surface area contributed by atoms with Crippen molar-refractivity contribution in [3.8, 4) is 0 Å². The molecule has 3 heterocycles. The maximum absolute atomic E-state index is 14.2. The molecule has 196 valence electrons. The molecule has 3 saturated heterocycles. The SMILES string of the molecule is CCOC(=O)[C@H]1[C@H]2C(=O)N([C@@H](CO)Cc3ccccc3)C(C(=O)NC3CCCCC3)C23CC[C@]1(C)O3. The van der Waals surface area contributed by atoms with Gasteiger partial charge in [0, 0.05) is 6.04 Å². The molecule has 2 bridgehead atoms. The minimum Gasteiger partial charge on any atom is -0.466 e. The van der Waals surface area contributed by atoms with Crippen LogP contribution in [-0.4, -0.2) is 70.3 Å². The molecular weight excluding hydrogens is 460 g/mol. The molecule has 2 amide bonds. The second-order valence-corrected chi connectivity index (χ2v) is 11.1. The van der Waals surface area contributed by atoms with Gasteiger partial charge in [-0.15, -0.1) is 0 Å². The molecule has 0 aromatic heterocycles. The van der Waals surface area contributed by atoms with Crippen molar-refractivity contribution in [1.29, 1.82) is 0 Å². The van der Waals surface area contributed by atoms with Gasteiger partial charge in [-0.2, -0.15) is 0 Å². The maximum atomic E-state index is 14.2. The molecule has 3 aliphatic heterocycles. The predicted molar refractivity (Wildman–Crippen MR) is 132 cm³/mol. The van der Waals surface area contributed by atoms with Crippen molar-refractivity contribution in [3.05, 3.63) is 35.9 Å². The number of aliphatic hydroxyl groups excluding tert-OH is 1. The largest absolute Gasteiger partial charge is 0.466 e. The smallest absolute Gasteiger partial charge is 0.312 e. The monoisotopic (exact) mass is 498 g/mol. The average molecular weight is 499 g/mol. The standard InChI is InChI=1S/C28H38N2O6/c1-3-35-26(34)22-21-25(33)30(20(17-31)16-18-10-6-4-7-11-18)23(28(21)15-14-27(22,2)36-28)24(32)29-19-12-8-5-9-13-19/h4,6-7,10-11,19-23,31H,3,5,8-9,12-17H2,1-2H3,(H,29,32)/t20-,21+,22-,23?,27+,28?/m1/s1. The van der Waals surface area contributed by atoms with E-state index in [1.165, 1.54) is 6.42 Å². The number of hydrogen-bond donors (Lipinski definition) is 2. The van der Waals surface area contributed by atoms with Crippen LogP contribution in [0.1, 0.15) is 64.4 Å². The van der Waals surface area contributed by atoms with E-state index >= 15 is 0 Å². The zero-order chi connectivity index (χ0) is 25.5. The number of amides is 2. The Hall–Kier alpha value is -2.45. The van der Waals surface area contributed by atoms with Crippen molar-refractivity contribution in [3.63, 3.8) is 0 Å². The van der Waals surface area contributed by atoms with Gasteiger partial charge in [0.05, 0.1) is 30.8 Å². The topological polar surface area (TPSA) is 105 Å². The second kappa shape index (κ2) is 9.78. The summed E-state index contributed by atoms with van der Waals surface area (Å²) in [7, 11) is 0. The lowest BCUT2D eigenvalue weighted by Crippen LogP contribution is -2.59. The van der Waals surface area contributed by atoms with E-state index < -0.39 is 41.1 Å². The minimum absolute atomic E-state index is 0.0652.